The average Bonchev–Trinajstić information content (AvgIpc) is 3.13. The minimum absolute atomic E-state index is 0.0562. The first kappa shape index (κ1) is 29.8. The highest BCUT2D eigenvalue weighted by Crippen LogP contribution is 2.73. The van der Waals surface area contributed by atoms with Crippen LogP contribution in [0.3, 0.4) is 0 Å². The van der Waals surface area contributed by atoms with Gasteiger partial charge in [-0.25, -0.2) is 4.79 Å². The fourth-order valence-corrected chi connectivity index (χ4v) is 11.0. The largest absolute Gasteiger partial charge is 0.478 e. The highest BCUT2D eigenvalue weighted by molar-refractivity contribution is 5.89. The highest BCUT2D eigenvalue weighted by Gasteiger charge is 2.70. The molecule has 0 bridgehead atoms. The average molecular weight is 557 g/mol. The molecule has 224 valence electrons. The number of hydrogen-bond acceptors (Lipinski definition) is 6. The number of carbonyl (C=O) groups excluding carboxylic acids is 1. The van der Waals surface area contributed by atoms with Crippen molar-refractivity contribution in [3.8, 4) is 0 Å². The molecule has 0 radical (unpaired) electrons. The Kier molecular flexibility index (Phi) is 7.62. The maximum atomic E-state index is 13.1. The number of aliphatic hydroxyl groups is 1. The molecule has 0 spiro atoms. The van der Waals surface area contributed by atoms with Gasteiger partial charge in [-0.3, -0.25) is 4.79 Å². The van der Waals surface area contributed by atoms with Crippen LogP contribution in [-0.4, -0.2) is 46.4 Å². The van der Waals surface area contributed by atoms with Gasteiger partial charge in [-0.1, -0.05) is 31.9 Å². The van der Waals surface area contributed by atoms with Gasteiger partial charge in [0.2, 0.25) is 0 Å². The summed E-state index contributed by atoms with van der Waals surface area (Å²) in [6.45, 7) is 12.7. The van der Waals surface area contributed by atoms with Gasteiger partial charge in [0, 0.05) is 24.6 Å². The molecule has 40 heavy (non-hydrogen) atoms. The summed E-state index contributed by atoms with van der Waals surface area (Å²) in [7, 11) is 0. The number of carboxylic acids is 1. The summed E-state index contributed by atoms with van der Waals surface area (Å²) in [5.41, 5.74) is 17.2. The third kappa shape index (κ3) is 4.32. The van der Waals surface area contributed by atoms with Crippen LogP contribution in [0.4, 0.5) is 0 Å². The summed E-state index contributed by atoms with van der Waals surface area (Å²) in [5.74, 6) is -0.979. The maximum absolute atomic E-state index is 13.1. The van der Waals surface area contributed by atoms with Gasteiger partial charge in [-0.15, -0.1) is 0 Å². The quantitative estimate of drug-likeness (QED) is 0.216. The molecule has 7 nitrogen and oxygen atoms in total. The van der Waals surface area contributed by atoms with E-state index >= 15 is 0 Å². The van der Waals surface area contributed by atoms with Crippen molar-refractivity contribution in [1.82, 2.24) is 0 Å². The number of rotatable bonds is 3. The molecule has 5 aliphatic carbocycles. The second-order valence-electron chi connectivity index (χ2n) is 15.0. The zero-order chi connectivity index (χ0) is 29.4. The van der Waals surface area contributed by atoms with Crippen LogP contribution in [0.2, 0.25) is 0 Å². The summed E-state index contributed by atoms with van der Waals surface area (Å²) in [6, 6.07) is -0.373. The normalized spacial score (nSPS) is 48.0. The third-order valence-electron chi connectivity index (χ3n) is 12.9. The van der Waals surface area contributed by atoms with Crippen molar-refractivity contribution in [2.24, 2.45) is 51.4 Å². The van der Waals surface area contributed by atoms with E-state index < -0.39 is 18.2 Å². The molecule has 7 heteroatoms. The minimum atomic E-state index is -0.875. The lowest BCUT2D eigenvalue weighted by atomic mass is 9.36. The summed E-state index contributed by atoms with van der Waals surface area (Å²) in [5, 5.41) is 21.4. The van der Waals surface area contributed by atoms with Crippen LogP contribution >= 0.6 is 0 Å². The number of hydrogen-bond donors (Lipinski definition) is 4. The fraction of sp³-hybridized carbons (Fsp3) is 0.818. The molecule has 0 amide bonds. The number of carbonyl (C=O) groups is 2. The van der Waals surface area contributed by atoms with Crippen molar-refractivity contribution in [2.75, 3.05) is 0 Å². The molecule has 5 rings (SSSR count). The lowest BCUT2D eigenvalue weighted by molar-refractivity contribution is -0.196. The summed E-state index contributed by atoms with van der Waals surface area (Å²) in [4.78, 5) is 25.6. The van der Waals surface area contributed by atoms with Crippen LogP contribution in [-0.2, 0) is 14.3 Å². The van der Waals surface area contributed by atoms with Crippen LogP contribution < -0.4 is 11.5 Å². The van der Waals surface area contributed by atoms with Crippen LogP contribution in [0.5, 0.6) is 0 Å². The fourth-order valence-electron chi connectivity index (χ4n) is 11.0. The number of allylic oxidation sites excluding steroid dienone is 2. The zero-order valence-electron chi connectivity index (χ0n) is 25.5. The number of aliphatic hydroxyl groups excluding tert-OH is 1. The molecule has 0 aliphatic heterocycles. The van der Waals surface area contributed by atoms with Gasteiger partial charge in [0.05, 0.1) is 6.10 Å². The van der Waals surface area contributed by atoms with Crippen molar-refractivity contribution < 1.29 is 24.5 Å². The number of ether oxygens (including phenoxy) is 1. The number of aliphatic carboxylic acids is 1. The second kappa shape index (κ2) is 10.2. The standard InChI is InChI=1S/C33H52N2O5/c1-17(2)19-8-7-9-20(14-19)26(30(38)39)27-22-15-23(34)29-31(4)12-11-24(37)28(35)21(31)10-13-32(29,5)33(22,6)16-25(27)40-18(3)36/h20-25,28-29,37H,7-16,34-35H2,1-6H3,(H,38,39)/b27-26-/t20?,21-,22-,23-,24+,25-,28-,29-,31-,32-,33-/m0/s1. The molecule has 11 atom stereocenters. The first-order chi connectivity index (χ1) is 18.7. The van der Waals surface area contributed by atoms with E-state index in [4.69, 9.17) is 16.2 Å². The number of fused-ring (bicyclic) bond motifs is 5. The van der Waals surface area contributed by atoms with E-state index in [1.54, 1.807) is 0 Å². The van der Waals surface area contributed by atoms with Crippen molar-refractivity contribution >= 4 is 11.9 Å². The van der Waals surface area contributed by atoms with Crippen molar-refractivity contribution in [3.05, 3.63) is 22.3 Å². The van der Waals surface area contributed by atoms with Crippen LogP contribution in [0, 0.1) is 39.9 Å². The van der Waals surface area contributed by atoms with Gasteiger partial charge in [0.25, 0.3) is 0 Å². The molecule has 0 aromatic carbocycles. The van der Waals surface area contributed by atoms with E-state index in [-0.39, 0.29) is 58.0 Å². The lowest BCUT2D eigenvalue weighted by Crippen LogP contribution is -2.69. The Balaban J connectivity index is 1.64. The minimum Gasteiger partial charge on any atom is -0.478 e. The highest BCUT2D eigenvalue weighted by atomic mass is 16.5. The van der Waals surface area contributed by atoms with Crippen molar-refractivity contribution in [2.45, 2.75) is 130 Å². The molecule has 5 aliphatic rings. The maximum Gasteiger partial charge on any atom is 0.331 e. The Morgan fingerprint density at radius 1 is 1.00 bits per heavy atom. The number of nitrogens with two attached hydrogens (primary N) is 2. The molecule has 0 saturated heterocycles. The van der Waals surface area contributed by atoms with Crippen molar-refractivity contribution in [1.29, 1.82) is 0 Å². The molecule has 5 fully saturated rings. The molecule has 0 heterocycles. The van der Waals surface area contributed by atoms with Crippen molar-refractivity contribution in [3.63, 3.8) is 0 Å². The predicted molar refractivity (Wildman–Crippen MR) is 155 cm³/mol. The Labute approximate surface area is 240 Å². The topological polar surface area (TPSA) is 136 Å². The van der Waals surface area contributed by atoms with Gasteiger partial charge in [0.1, 0.15) is 6.10 Å². The van der Waals surface area contributed by atoms with Gasteiger partial charge in [0.15, 0.2) is 0 Å². The predicted octanol–water partition coefficient (Wildman–Crippen LogP) is 5.10. The summed E-state index contributed by atoms with van der Waals surface area (Å²) >= 11 is 0. The van der Waals surface area contributed by atoms with E-state index in [0.717, 1.165) is 50.5 Å². The molecular weight excluding hydrogens is 504 g/mol. The smallest absolute Gasteiger partial charge is 0.331 e. The third-order valence-corrected chi connectivity index (χ3v) is 12.9. The first-order valence-electron chi connectivity index (χ1n) is 15.6. The monoisotopic (exact) mass is 556 g/mol. The number of carboxylic acid groups (broad SMARTS) is 1. The molecular formula is C33H52N2O5. The van der Waals surface area contributed by atoms with Crippen LogP contribution in [0.1, 0.15) is 106 Å². The van der Waals surface area contributed by atoms with Gasteiger partial charge in [-0.2, -0.15) is 0 Å². The van der Waals surface area contributed by atoms with Gasteiger partial charge < -0.3 is 26.4 Å². The van der Waals surface area contributed by atoms with Gasteiger partial charge in [-0.05, 0) is 124 Å². The van der Waals surface area contributed by atoms with Crippen LogP contribution in [0.15, 0.2) is 22.3 Å². The lowest BCUT2D eigenvalue weighted by Gasteiger charge is -2.69. The van der Waals surface area contributed by atoms with E-state index in [1.165, 1.54) is 18.1 Å². The van der Waals surface area contributed by atoms with Crippen LogP contribution in [0.25, 0.3) is 0 Å². The molecule has 6 N–H and O–H groups in total. The Morgan fingerprint density at radius 2 is 1.70 bits per heavy atom. The van der Waals surface area contributed by atoms with E-state index in [0.29, 0.717) is 24.8 Å². The molecule has 0 aromatic rings. The molecule has 5 saturated carbocycles. The Hall–Kier alpha value is -1.70. The molecule has 0 aromatic heterocycles. The SMILES string of the molecule is CC(=O)O[C@H]1C[C@@]2(C)[C@@H](C[C@H](N)[C@H]3[C@@]4(C)CC[C@@H](O)[C@@H](N)[C@@H]4CC[C@@]32C)/C1=C(/C(=O)O)C1CCCC(=C(C)C)C1. The second-order valence-corrected chi connectivity index (χ2v) is 15.0. The van der Waals surface area contributed by atoms with E-state index in [1.807, 2.05) is 0 Å². The zero-order valence-corrected chi connectivity index (χ0v) is 25.5. The Bertz CT molecular complexity index is 1130. The summed E-state index contributed by atoms with van der Waals surface area (Å²) < 4.78 is 6.03. The first-order valence-corrected chi connectivity index (χ1v) is 15.6. The number of esters is 1. The van der Waals surface area contributed by atoms with E-state index in [2.05, 4.69) is 34.6 Å². The Morgan fingerprint density at radius 3 is 2.33 bits per heavy atom. The van der Waals surface area contributed by atoms with Gasteiger partial charge >= 0.3 is 11.9 Å². The van der Waals surface area contributed by atoms with E-state index in [9.17, 15) is 19.8 Å². The molecule has 1 unspecified atom stereocenters. The summed E-state index contributed by atoms with van der Waals surface area (Å²) in [6.07, 6.45) is 7.32.